The summed E-state index contributed by atoms with van der Waals surface area (Å²) in [7, 11) is 0. The Morgan fingerprint density at radius 2 is 1.78 bits per heavy atom. The van der Waals surface area contributed by atoms with Gasteiger partial charge >= 0.3 is 0 Å². The third kappa shape index (κ3) is 3.25. The second kappa shape index (κ2) is 5.28. The van der Waals surface area contributed by atoms with Crippen molar-refractivity contribution in [1.29, 1.82) is 0 Å². The third-order valence-electron chi connectivity index (χ3n) is 1.27. The molecule has 1 aliphatic carbocycles. The molecule has 0 atom stereocenters. The molecule has 0 N–H and O–H groups in total. The van der Waals surface area contributed by atoms with Crippen molar-refractivity contribution < 1.29 is 21.7 Å². The van der Waals surface area contributed by atoms with Gasteiger partial charge in [0.05, 0.1) is 0 Å². The summed E-state index contributed by atoms with van der Waals surface area (Å²) in [5.74, 6) is 1.38. The SMILES string of the molecule is ClCCC1C=CC=C1.[Ti]. The van der Waals surface area contributed by atoms with Crippen LogP contribution in [0.1, 0.15) is 6.42 Å². The van der Waals surface area contributed by atoms with Gasteiger partial charge in [-0.05, 0) is 12.3 Å². The monoisotopic (exact) mass is 176 g/mol. The maximum atomic E-state index is 5.51. The summed E-state index contributed by atoms with van der Waals surface area (Å²) in [5.41, 5.74) is 0. The smallest absolute Gasteiger partial charge is 0.0232 e. The largest absolute Gasteiger partial charge is 0.127 e. The molecular weight excluding hydrogens is 167 g/mol. The molecule has 0 heterocycles. The Hall–Kier alpha value is 0.484. The van der Waals surface area contributed by atoms with Crippen LogP contribution < -0.4 is 0 Å². The van der Waals surface area contributed by atoms with E-state index in [1.54, 1.807) is 0 Å². The zero-order chi connectivity index (χ0) is 5.82. The standard InChI is InChI=1S/C7H9Cl.Ti/c8-6-5-7-3-1-2-4-7;/h1-4,7H,5-6H2;. The Morgan fingerprint density at radius 1 is 1.22 bits per heavy atom. The van der Waals surface area contributed by atoms with E-state index in [1.165, 1.54) is 0 Å². The number of allylic oxidation sites excluding steroid dienone is 4. The number of alkyl halides is 1. The second-order valence-corrected chi connectivity index (χ2v) is 2.29. The average molecular weight is 176 g/mol. The van der Waals surface area contributed by atoms with Crippen LogP contribution in [-0.2, 0) is 21.7 Å². The van der Waals surface area contributed by atoms with Gasteiger partial charge in [0.2, 0.25) is 0 Å². The molecule has 0 aromatic heterocycles. The van der Waals surface area contributed by atoms with Crippen molar-refractivity contribution in [2.24, 2.45) is 5.92 Å². The quantitative estimate of drug-likeness (QED) is 0.448. The molecule has 9 heavy (non-hydrogen) atoms. The number of rotatable bonds is 2. The topological polar surface area (TPSA) is 0 Å². The average Bonchev–Trinajstić information content (AvgIpc) is 2.19. The van der Waals surface area contributed by atoms with E-state index < -0.39 is 0 Å². The second-order valence-electron chi connectivity index (χ2n) is 1.91. The molecule has 0 saturated heterocycles. The summed E-state index contributed by atoms with van der Waals surface area (Å²) in [5, 5.41) is 0. The molecule has 0 nitrogen and oxygen atoms in total. The first-order chi connectivity index (χ1) is 3.93. The van der Waals surface area contributed by atoms with Gasteiger partial charge in [-0.1, -0.05) is 24.3 Å². The molecule has 0 bridgehead atoms. The van der Waals surface area contributed by atoms with Gasteiger partial charge in [0.1, 0.15) is 0 Å². The Bertz CT molecular complexity index is 106. The zero-order valence-corrected chi connectivity index (χ0v) is 7.50. The number of hydrogen-bond acceptors (Lipinski definition) is 0. The molecule has 1 aliphatic rings. The predicted octanol–water partition coefficient (Wildman–Crippen LogP) is 2.36. The molecule has 0 spiro atoms. The summed E-state index contributed by atoms with van der Waals surface area (Å²) in [6.45, 7) is 0. The van der Waals surface area contributed by atoms with Crippen LogP contribution in [0.15, 0.2) is 24.3 Å². The minimum absolute atomic E-state index is 0. The molecule has 0 unspecified atom stereocenters. The molecule has 2 heteroatoms. The van der Waals surface area contributed by atoms with E-state index in [1.807, 2.05) is 0 Å². The van der Waals surface area contributed by atoms with Crippen LogP contribution in [0, 0.1) is 5.92 Å². The molecule has 48 valence electrons. The van der Waals surface area contributed by atoms with E-state index in [2.05, 4.69) is 24.3 Å². The zero-order valence-electron chi connectivity index (χ0n) is 5.18. The van der Waals surface area contributed by atoms with Crippen LogP contribution in [0.3, 0.4) is 0 Å². The van der Waals surface area contributed by atoms with Gasteiger partial charge < -0.3 is 0 Å². The van der Waals surface area contributed by atoms with E-state index in [0.29, 0.717) is 5.92 Å². The first-order valence-electron chi connectivity index (χ1n) is 2.84. The Labute approximate surface area is 75.9 Å². The summed E-state index contributed by atoms with van der Waals surface area (Å²) >= 11 is 5.51. The van der Waals surface area contributed by atoms with Crippen molar-refractivity contribution in [2.45, 2.75) is 6.42 Å². The molecule has 0 radical (unpaired) electrons. The summed E-state index contributed by atoms with van der Waals surface area (Å²) in [6, 6.07) is 0. The van der Waals surface area contributed by atoms with Crippen LogP contribution in [0.5, 0.6) is 0 Å². The van der Waals surface area contributed by atoms with Crippen molar-refractivity contribution in [1.82, 2.24) is 0 Å². The first kappa shape index (κ1) is 9.48. The molecule has 0 aromatic carbocycles. The number of halogens is 1. The van der Waals surface area contributed by atoms with Crippen molar-refractivity contribution in [3.63, 3.8) is 0 Å². The summed E-state index contributed by atoms with van der Waals surface area (Å²) < 4.78 is 0. The van der Waals surface area contributed by atoms with Crippen molar-refractivity contribution in [3.05, 3.63) is 24.3 Å². The summed E-state index contributed by atoms with van der Waals surface area (Å²) in [4.78, 5) is 0. The minimum Gasteiger partial charge on any atom is -0.127 e. The fourth-order valence-corrected chi connectivity index (χ4v) is 1.05. The van der Waals surface area contributed by atoms with Gasteiger partial charge in [-0.15, -0.1) is 11.6 Å². The number of hydrogen-bond donors (Lipinski definition) is 0. The molecule has 0 fully saturated rings. The van der Waals surface area contributed by atoms with E-state index in [9.17, 15) is 0 Å². The van der Waals surface area contributed by atoms with Gasteiger partial charge in [-0.3, -0.25) is 0 Å². The molecule has 0 aromatic rings. The normalized spacial score (nSPS) is 16.1. The van der Waals surface area contributed by atoms with Crippen molar-refractivity contribution in [3.8, 4) is 0 Å². The molecular formula is C7H9ClTi. The molecule has 0 amide bonds. The van der Waals surface area contributed by atoms with Gasteiger partial charge in [0, 0.05) is 27.6 Å². The van der Waals surface area contributed by atoms with E-state index in [4.69, 9.17) is 11.6 Å². The van der Waals surface area contributed by atoms with Crippen molar-refractivity contribution >= 4 is 11.6 Å². The Morgan fingerprint density at radius 3 is 2.22 bits per heavy atom. The molecule has 1 rings (SSSR count). The maximum absolute atomic E-state index is 5.51. The predicted molar refractivity (Wildman–Crippen MR) is 37.1 cm³/mol. The van der Waals surface area contributed by atoms with Gasteiger partial charge in [-0.2, -0.15) is 0 Å². The Balaban J connectivity index is 0.000000640. The van der Waals surface area contributed by atoms with Crippen molar-refractivity contribution in [2.75, 3.05) is 5.88 Å². The molecule has 0 aliphatic heterocycles. The third-order valence-corrected chi connectivity index (χ3v) is 1.49. The molecule has 0 saturated carbocycles. The van der Waals surface area contributed by atoms with Crippen LogP contribution in [0.25, 0.3) is 0 Å². The fraction of sp³-hybridized carbons (Fsp3) is 0.429. The van der Waals surface area contributed by atoms with E-state index >= 15 is 0 Å². The minimum atomic E-state index is 0. The van der Waals surface area contributed by atoms with E-state index in [0.717, 1.165) is 12.3 Å². The fourth-order valence-electron chi connectivity index (χ4n) is 0.796. The first-order valence-corrected chi connectivity index (χ1v) is 3.38. The van der Waals surface area contributed by atoms with Crippen LogP contribution >= 0.6 is 11.6 Å². The van der Waals surface area contributed by atoms with Gasteiger partial charge in [0.15, 0.2) is 0 Å². The van der Waals surface area contributed by atoms with Crippen LogP contribution in [0.2, 0.25) is 0 Å². The Kier molecular flexibility index (Phi) is 5.57. The maximum Gasteiger partial charge on any atom is 0.0232 e. The van der Waals surface area contributed by atoms with Crippen LogP contribution in [-0.4, -0.2) is 5.88 Å². The summed E-state index contributed by atoms with van der Waals surface area (Å²) in [6.07, 6.45) is 9.55. The van der Waals surface area contributed by atoms with Gasteiger partial charge in [-0.25, -0.2) is 0 Å². The van der Waals surface area contributed by atoms with E-state index in [-0.39, 0.29) is 21.7 Å². The van der Waals surface area contributed by atoms with Crippen LogP contribution in [0.4, 0.5) is 0 Å². The van der Waals surface area contributed by atoms with Gasteiger partial charge in [0.25, 0.3) is 0 Å².